The van der Waals surface area contributed by atoms with Crippen molar-refractivity contribution >= 4 is 11.7 Å². The highest BCUT2D eigenvalue weighted by atomic mass is 16.1. The molecule has 1 fully saturated rings. The fraction of sp³-hybridized carbons (Fsp3) is 0.500. The number of carbonyl (C=O) groups is 1. The van der Waals surface area contributed by atoms with E-state index >= 15 is 0 Å². The van der Waals surface area contributed by atoms with Gasteiger partial charge in [0, 0.05) is 24.8 Å². The minimum Gasteiger partial charge on any atom is -0.369 e. The van der Waals surface area contributed by atoms with Gasteiger partial charge in [-0.1, -0.05) is 0 Å². The van der Waals surface area contributed by atoms with E-state index < -0.39 is 0 Å². The van der Waals surface area contributed by atoms with Crippen LogP contribution in [0.5, 0.6) is 0 Å². The van der Waals surface area contributed by atoms with Crippen molar-refractivity contribution in [1.29, 1.82) is 0 Å². The number of nitrogens with zero attached hydrogens (tertiary/aromatic N) is 3. The summed E-state index contributed by atoms with van der Waals surface area (Å²) in [5, 5.41) is 0. The van der Waals surface area contributed by atoms with Crippen LogP contribution in [-0.2, 0) is 4.79 Å². The molecule has 5 nitrogen and oxygen atoms in total. The highest BCUT2D eigenvalue weighted by molar-refractivity contribution is 5.78. The summed E-state index contributed by atoms with van der Waals surface area (Å²) in [6, 6.07) is 0. The SMILES string of the molecule is Cc1cncnc1N1CCC(C(N)=O)C1. The van der Waals surface area contributed by atoms with Crippen LogP contribution in [0.1, 0.15) is 12.0 Å². The minimum absolute atomic E-state index is 0.0423. The maximum Gasteiger partial charge on any atom is 0.222 e. The van der Waals surface area contributed by atoms with Crippen LogP contribution in [0, 0.1) is 12.8 Å². The van der Waals surface area contributed by atoms with E-state index in [1.807, 2.05) is 6.92 Å². The molecular formula is C10H14N4O. The molecular weight excluding hydrogens is 192 g/mol. The lowest BCUT2D eigenvalue weighted by atomic mass is 10.1. The third-order valence-electron chi connectivity index (χ3n) is 2.76. The topological polar surface area (TPSA) is 72.1 Å². The van der Waals surface area contributed by atoms with Gasteiger partial charge in [0.15, 0.2) is 0 Å². The van der Waals surface area contributed by atoms with Crippen molar-refractivity contribution in [3.63, 3.8) is 0 Å². The van der Waals surface area contributed by atoms with Crippen LogP contribution in [0.3, 0.4) is 0 Å². The number of hydrogen-bond donors (Lipinski definition) is 1. The van der Waals surface area contributed by atoms with Crippen molar-refractivity contribution in [1.82, 2.24) is 9.97 Å². The van der Waals surface area contributed by atoms with Crippen molar-refractivity contribution in [3.8, 4) is 0 Å². The molecule has 1 aliphatic heterocycles. The van der Waals surface area contributed by atoms with Gasteiger partial charge in [-0.25, -0.2) is 9.97 Å². The minimum atomic E-state index is -0.218. The van der Waals surface area contributed by atoms with E-state index in [2.05, 4.69) is 14.9 Å². The van der Waals surface area contributed by atoms with Gasteiger partial charge in [-0.2, -0.15) is 0 Å². The summed E-state index contributed by atoms with van der Waals surface area (Å²) in [5.74, 6) is 0.650. The second-order valence-electron chi connectivity index (χ2n) is 3.86. The van der Waals surface area contributed by atoms with Gasteiger partial charge < -0.3 is 10.6 Å². The van der Waals surface area contributed by atoms with Crippen molar-refractivity contribution in [2.75, 3.05) is 18.0 Å². The van der Waals surface area contributed by atoms with E-state index in [1.165, 1.54) is 6.33 Å². The van der Waals surface area contributed by atoms with Crippen LogP contribution in [0.2, 0.25) is 0 Å². The van der Waals surface area contributed by atoms with E-state index in [0.29, 0.717) is 6.54 Å². The monoisotopic (exact) mass is 206 g/mol. The number of rotatable bonds is 2. The summed E-state index contributed by atoms with van der Waals surface area (Å²) in [5.41, 5.74) is 6.31. The third kappa shape index (κ3) is 1.91. The Hall–Kier alpha value is -1.65. The number of nitrogens with two attached hydrogens (primary N) is 1. The van der Waals surface area contributed by atoms with E-state index in [9.17, 15) is 4.79 Å². The van der Waals surface area contributed by atoms with Gasteiger partial charge in [0.25, 0.3) is 0 Å². The highest BCUT2D eigenvalue weighted by Gasteiger charge is 2.27. The molecule has 1 aromatic rings. The Balaban J connectivity index is 2.14. The van der Waals surface area contributed by atoms with Crippen molar-refractivity contribution in [2.45, 2.75) is 13.3 Å². The van der Waals surface area contributed by atoms with Gasteiger partial charge in [0.05, 0.1) is 5.92 Å². The molecule has 2 rings (SSSR count). The summed E-state index contributed by atoms with van der Waals surface area (Å²) in [6.07, 6.45) is 4.12. The fourth-order valence-electron chi connectivity index (χ4n) is 1.91. The maximum absolute atomic E-state index is 11.0. The molecule has 1 amide bonds. The molecule has 0 radical (unpaired) electrons. The summed E-state index contributed by atoms with van der Waals surface area (Å²) in [7, 11) is 0. The lowest BCUT2D eigenvalue weighted by molar-refractivity contribution is -0.121. The molecule has 5 heteroatoms. The highest BCUT2D eigenvalue weighted by Crippen LogP contribution is 2.23. The van der Waals surface area contributed by atoms with Crippen LogP contribution in [0.4, 0.5) is 5.82 Å². The standard InChI is InChI=1S/C10H14N4O/c1-7-4-12-6-13-10(7)14-3-2-8(5-14)9(11)15/h4,6,8H,2-3,5H2,1H3,(H2,11,15). The van der Waals surface area contributed by atoms with Gasteiger partial charge in [-0.3, -0.25) is 4.79 Å². The average Bonchev–Trinajstić information content (AvgIpc) is 2.67. The Kier molecular flexibility index (Phi) is 2.53. The smallest absolute Gasteiger partial charge is 0.222 e. The molecule has 1 atom stereocenters. The first kappa shape index (κ1) is 9.89. The molecule has 2 N–H and O–H groups in total. The predicted octanol–water partition coefficient (Wildman–Crippen LogP) is 0.0966. The first-order valence-electron chi connectivity index (χ1n) is 4.99. The molecule has 15 heavy (non-hydrogen) atoms. The fourth-order valence-corrected chi connectivity index (χ4v) is 1.91. The van der Waals surface area contributed by atoms with Crippen LogP contribution < -0.4 is 10.6 Å². The number of amides is 1. The lowest BCUT2D eigenvalue weighted by Crippen LogP contribution is -2.28. The van der Waals surface area contributed by atoms with Crippen molar-refractivity contribution in [3.05, 3.63) is 18.1 Å². The van der Waals surface area contributed by atoms with E-state index in [0.717, 1.165) is 24.3 Å². The molecule has 2 heterocycles. The number of carbonyl (C=O) groups excluding carboxylic acids is 1. The molecule has 80 valence electrons. The Labute approximate surface area is 88.3 Å². The third-order valence-corrected chi connectivity index (χ3v) is 2.76. The average molecular weight is 206 g/mol. The number of anilines is 1. The quantitative estimate of drug-likeness (QED) is 0.744. The Bertz CT molecular complexity index is 379. The zero-order valence-corrected chi connectivity index (χ0v) is 8.68. The van der Waals surface area contributed by atoms with Gasteiger partial charge in [0.1, 0.15) is 12.1 Å². The summed E-state index contributed by atoms with van der Waals surface area (Å²) in [6.45, 7) is 3.48. The summed E-state index contributed by atoms with van der Waals surface area (Å²) < 4.78 is 0. The molecule has 1 saturated heterocycles. The van der Waals surface area contributed by atoms with Crippen molar-refractivity contribution in [2.24, 2.45) is 11.7 Å². The second kappa shape index (κ2) is 3.84. The summed E-state index contributed by atoms with van der Waals surface area (Å²) >= 11 is 0. The van der Waals surface area contributed by atoms with Crippen molar-refractivity contribution < 1.29 is 4.79 Å². The van der Waals surface area contributed by atoms with Gasteiger partial charge in [-0.05, 0) is 13.3 Å². The van der Waals surface area contributed by atoms with Crippen LogP contribution in [0.25, 0.3) is 0 Å². The Morgan fingerprint density at radius 3 is 3.07 bits per heavy atom. The number of aromatic nitrogens is 2. The van der Waals surface area contributed by atoms with Crippen LogP contribution in [-0.4, -0.2) is 29.0 Å². The second-order valence-corrected chi connectivity index (χ2v) is 3.86. The zero-order chi connectivity index (χ0) is 10.8. The molecule has 0 aliphatic carbocycles. The predicted molar refractivity (Wildman–Crippen MR) is 56.3 cm³/mol. The molecule has 1 unspecified atom stereocenters. The first-order chi connectivity index (χ1) is 7.18. The van der Waals surface area contributed by atoms with Gasteiger partial charge >= 0.3 is 0 Å². The van der Waals surface area contributed by atoms with Crippen LogP contribution in [0.15, 0.2) is 12.5 Å². The molecule has 1 aromatic heterocycles. The number of primary amides is 1. The molecule has 1 aliphatic rings. The lowest BCUT2D eigenvalue weighted by Gasteiger charge is -2.18. The largest absolute Gasteiger partial charge is 0.369 e. The van der Waals surface area contributed by atoms with E-state index in [4.69, 9.17) is 5.73 Å². The molecule has 0 aromatic carbocycles. The van der Waals surface area contributed by atoms with E-state index in [1.54, 1.807) is 6.20 Å². The number of aryl methyl sites for hydroxylation is 1. The Morgan fingerprint density at radius 1 is 1.67 bits per heavy atom. The molecule has 0 bridgehead atoms. The number of hydrogen-bond acceptors (Lipinski definition) is 4. The van der Waals surface area contributed by atoms with Gasteiger partial charge in [0.2, 0.25) is 5.91 Å². The van der Waals surface area contributed by atoms with E-state index in [-0.39, 0.29) is 11.8 Å². The van der Waals surface area contributed by atoms with Crippen LogP contribution >= 0.6 is 0 Å². The first-order valence-corrected chi connectivity index (χ1v) is 4.99. The normalized spacial score (nSPS) is 20.6. The Morgan fingerprint density at radius 2 is 2.47 bits per heavy atom. The molecule has 0 spiro atoms. The van der Waals surface area contributed by atoms with Gasteiger partial charge in [-0.15, -0.1) is 0 Å². The molecule has 0 saturated carbocycles. The maximum atomic E-state index is 11.0. The zero-order valence-electron chi connectivity index (χ0n) is 8.68. The summed E-state index contributed by atoms with van der Waals surface area (Å²) in [4.78, 5) is 21.3.